The summed E-state index contributed by atoms with van der Waals surface area (Å²) in [7, 11) is 0. The third-order valence-corrected chi connectivity index (χ3v) is 0. The van der Waals surface area contributed by atoms with Gasteiger partial charge in [-0.2, -0.15) is 0 Å². The van der Waals surface area contributed by atoms with Crippen molar-refractivity contribution in [2.75, 3.05) is 0 Å². The third-order valence-electron chi connectivity index (χ3n) is 0. The Morgan fingerprint density at radius 2 is 1.00 bits per heavy atom. The van der Waals surface area contributed by atoms with Crippen LogP contribution in [0.5, 0.6) is 0 Å². The van der Waals surface area contributed by atoms with Crippen LogP contribution in [0, 0.1) is 0 Å². The van der Waals surface area contributed by atoms with E-state index in [0.717, 1.165) is 0 Å². The molecule has 2 radical (unpaired) electrons. The molecule has 0 unspecified atom stereocenters. The van der Waals surface area contributed by atoms with Crippen LogP contribution in [0.3, 0.4) is 0 Å². The van der Waals surface area contributed by atoms with Crippen molar-refractivity contribution in [3.8, 4) is 0 Å². The molecule has 0 aromatic carbocycles. The maximum absolute atomic E-state index is 0. The maximum Gasteiger partial charge on any atom is 0 e. The van der Waals surface area contributed by atoms with Gasteiger partial charge in [-0.3, -0.25) is 0 Å². The molecule has 0 aliphatic carbocycles. The summed E-state index contributed by atoms with van der Waals surface area (Å²) < 4.78 is 0. The minimum absolute atomic E-state index is 0. The Morgan fingerprint density at radius 3 is 1.00 bits per heavy atom. The van der Waals surface area contributed by atoms with Crippen LogP contribution < -0.4 is 6.15 Å². The first-order chi connectivity index (χ1) is 0. The van der Waals surface area contributed by atoms with E-state index >= 15 is 0 Å². The van der Waals surface area contributed by atoms with E-state index in [9.17, 15) is 0 Å². The molecule has 0 bridgehead atoms. The van der Waals surface area contributed by atoms with Crippen molar-refractivity contribution in [1.82, 2.24) is 6.15 Å². The van der Waals surface area contributed by atoms with E-state index in [2.05, 4.69) is 0 Å². The number of rotatable bonds is 0. The molecule has 3 heteroatoms. The van der Waals surface area contributed by atoms with Gasteiger partial charge in [-0.1, -0.05) is 7.43 Å². The monoisotopic (exact) mass is 147 g/mol. The van der Waals surface area contributed by atoms with Crippen molar-refractivity contribution in [2.24, 2.45) is 0 Å². The predicted octanol–water partition coefficient (Wildman–Crippen LogP) is 0.793. The van der Waals surface area contributed by atoms with Gasteiger partial charge in [0.05, 0.1) is 0 Å². The fourth-order valence-electron chi connectivity index (χ4n) is 0. The summed E-state index contributed by atoms with van der Waals surface area (Å²) in [5.74, 6) is 0. The first-order valence-corrected chi connectivity index (χ1v) is 0. The van der Waals surface area contributed by atoms with Gasteiger partial charge in [-0.15, -0.1) is 0 Å². The topological polar surface area (TPSA) is 35.0 Å². The SMILES string of the molecule is C.N.[Co].[Mn]. The zero-order valence-corrected chi connectivity index (χ0v) is 3.64. The Kier molecular flexibility index (Phi) is 745. The Balaban J connectivity index is 0. The molecule has 1 nitrogen and oxygen atoms in total. The Bertz CT molecular complexity index is 8.00. The van der Waals surface area contributed by atoms with Crippen molar-refractivity contribution < 1.29 is 33.8 Å². The standard InChI is InChI=1S/CH4.Co.Mn.H3N/h1H4;;;1H3. The second-order valence-electron chi connectivity index (χ2n) is 0. The number of hydrogen-bond donors (Lipinski definition) is 1. The molecule has 0 aliphatic heterocycles. The van der Waals surface area contributed by atoms with E-state index in [0.29, 0.717) is 0 Å². The predicted molar refractivity (Wildman–Crippen MR) is 11.8 cm³/mol. The quantitative estimate of drug-likeness (QED) is 0.505. The maximum atomic E-state index is 0. The van der Waals surface area contributed by atoms with Crippen molar-refractivity contribution in [2.45, 2.75) is 7.43 Å². The first-order valence-electron chi connectivity index (χ1n) is 0. The van der Waals surface area contributed by atoms with Gasteiger partial charge in [0.25, 0.3) is 0 Å². The van der Waals surface area contributed by atoms with Crippen molar-refractivity contribution >= 4 is 0 Å². The average molecular weight is 147 g/mol. The molecule has 0 heterocycles. The van der Waals surface area contributed by atoms with Crippen molar-refractivity contribution in [3.05, 3.63) is 0 Å². The van der Waals surface area contributed by atoms with Crippen LogP contribution in [0.25, 0.3) is 0 Å². The fourth-order valence-corrected chi connectivity index (χ4v) is 0. The molecular formula is CH7CoMnN. The van der Waals surface area contributed by atoms with Crippen molar-refractivity contribution in [1.29, 1.82) is 0 Å². The molecule has 32 valence electrons. The molecular weight excluding hydrogens is 140 g/mol. The number of hydrogen-bond acceptors (Lipinski definition) is 1. The van der Waals surface area contributed by atoms with Crippen LogP contribution in [0.4, 0.5) is 0 Å². The summed E-state index contributed by atoms with van der Waals surface area (Å²) in [6.07, 6.45) is 0. The molecule has 0 fully saturated rings. The second-order valence-corrected chi connectivity index (χ2v) is 0. The van der Waals surface area contributed by atoms with Gasteiger partial charge in [-0.05, 0) is 0 Å². The molecule has 0 atom stereocenters. The van der Waals surface area contributed by atoms with E-state index < -0.39 is 0 Å². The smallest absolute Gasteiger partial charge is 0 e. The minimum atomic E-state index is 0. The minimum Gasteiger partial charge on any atom is -0.344 e. The largest absolute Gasteiger partial charge is 0.344 e. The molecule has 0 saturated carbocycles. The molecule has 4 heavy (non-hydrogen) atoms. The summed E-state index contributed by atoms with van der Waals surface area (Å²) in [5, 5.41) is 0. The van der Waals surface area contributed by atoms with Gasteiger partial charge in [0.1, 0.15) is 0 Å². The molecule has 0 rings (SSSR count). The van der Waals surface area contributed by atoms with Gasteiger partial charge < -0.3 is 6.15 Å². The molecule has 0 amide bonds. The van der Waals surface area contributed by atoms with E-state index in [-0.39, 0.29) is 47.4 Å². The molecule has 0 saturated heterocycles. The zero-order chi connectivity index (χ0) is 0. The van der Waals surface area contributed by atoms with Gasteiger partial charge >= 0.3 is 0 Å². The van der Waals surface area contributed by atoms with E-state index in [1.54, 1.807) is 0 Å². The van der Waals surface area contributed by atoms with Gasteiger partial charge in [0.15, 0.2) is 0 Å². The second kappa shape index (κ2) is 36.6. The molecule has 3 N–H and O–H groups in total. The van der Waals surface area contributed by atoms with E-state index in [4.69, 9.17) is 0 Å². The molecule has 0 aliphatic rings. The normalized spacial score (nSPS) is 0. The van der Waals surface area contributed by atoms with E-state index in [1.807, 2.05) is 0 Å². The average Bonchev–Trinajstić information content (AvgIpc) is 0. The first kappa shape index (κ1) is 81.5. The Labute approximate surface area is 47.8 Å². The van der Waals surface area contributed by atoms with Crippen LogP contribution in [0.1, 0.15) is 7.43 Å². The van der Waals surface area contributed by atoms with E-state index in [1.165, 1.54) is 0 Å². The van der Waals surface area contributed by atoms with Crippen LogP contribution in [0.2, 0.25) is 0 Å². The van der Waals surface area contributed by atoms with Crippen LogP contribution >= 0.6 is 0 Å². The summed E-state index contributed by atoms with van der Waals surface area (Å²) in [6, 6.07) is 0. The summed E-state index contributed by atoms with van der Waals surface area (Å²) in [6.45, 7) is 0. The van der Waals surface area contributed by atoms with Gasteiger partial charge in [-0.25, -0.2) is 0 Å². The van der Waals surface area contributed by atoms with Crippen LogP contribution in [-0.4, -0.2) is 0 Å². The Morgan fingerprint density at radius 1 is 1.00 bits per heavy atom. The zero-order valence-electron chi connectivity index (χ0n) is 1.42. The van der Waals surface area contributed by atoms with Gasteiger partial charge in [0.2, 0.25) is 0 Å². The van der Waals surface area contributed by atoms with Crippen molar-refractivity contribution in [3.63, 3.8) is 0 Å². The summed E-state index contributed by atoms with van der Waals surface area (Å²) >= 11 is 0. The molecule has 0 spiro atoms. The molecule has 0 aromatic heterocycles. The summed E-state index contributed by atoms with van der Waals surface area (Å²) in [5.41, 5.74) is 0. The third kappa shape index (κ3) is 12.1. The van der Waals surface area contributed by atoms with Crippen LogP contribution in [0.15, 0.2) is 0 Å². The Hall–Kier alpha value is 0.986. The van der Waals surface area contributed by atoms with Gasteiger partial charge in [0, 0.05) is 33.8 Å². The molecule has 0 aromatic rings. The van der Waals surface area contributed by atoms with Crippen LogP contribution in [-0.2, 0) is 33.8 Å². The fraction of sp³-hybridized carbons (Fsp3) is 1.00. The summed E-state index contributed by atoms with van der Waals surface area (Å²) in [4.78, 5) is 0.